The molecule has 4 aromatic carbocycles. The molecule has 0 radical (unpaired) electrons. The molecule has 2 unspecified atom stereocenters. The van der Waals surface area contributed by atoms with Crippen molar-refractivity contribution in [3.63, 3.8) is 0 Å². The summed E-state index contributed by atoms with van der Waals surface area (Å²) in [6, 6.07) is 22.4. The highest BCUT2D eigenvalue weighted by molar-refractivity contribution is 6.30. The summed E-state index contributed by atoms with van der Waals surface area (Å²) in [5, 5.41) is 0. The van der Waals surface area contributed by atoms with Crippen LogP contribution >= 0.6 is 0 Å². The highest BCUT2D eigenvalue weighted by Gasteiger charge is 2.40. The molecule has 422 valence electrons. The minimum Gasteiger partial charge on any atom is -0.491 e. The first-order valence-corrected chi connectivity index (χ1v) is 27.0. The van der Waals surface area contributed by atoms with E-state index in [0.717, 1.165) is 12.8 Å². The quantitative estimate of drug-likeness (QED) is 0.0380. The Kier molecular flexibility index (Phi) is 22.1. The number of likely N-dealkylation sites (tertiary alicyclic amines) is 2. The summed E-state index contributed by atoms with van der Waals surface area (Å²) in [5.41, 5.74) is 1.49. The fourth-order valence-corrected chi connectivity index (χ4v) is 10.2. The first kappa shape index (κ1) is 58.0. The van der Waals surface area contributed by atoms with Crippen LogP contribution in [-0.4, -0.2) is 160 Å². The fourth-order valence-electron chi connectivity index (χ4n) is 10.2. The van der Waals surface area contributed by atoms with Crippen LogP contribution in [0.5, 0.6) is 11.5 Å². The molecule has 8 rings (SSSR count). The Labute approximate surface area is 452 Å². The number of benzene rings is 4. The molecule has 0 aromatic heterocycles. The molecule has 4 heterocycles. The van der Waals surface area contributed by atoms with Crippen molar-refractivity contribution in [1.29, 1.82) is 0 Å². The zero-order valence-electron chi connectivity index (χ0n) is 43.9. The number of rotatable bonds is 24. The predicted molar refractivity (Wildman–Crippen MR) is 276 cm³/mol. The third-order valence-corrected chi connectivity index (χ3v) is 14.4. The molecule has 4 aliphatic heterocycles. The molecule has 4 fully saturated rings. The van der Waals surface area contributed by atoms with Crippen LogP contribution in [0.1, 0.15) is 85.8 Å². The Morgan fingerprint density at radius 2 is 0.859 bits per heavy atom. The number of ether oxygens (including phenoxy) is 8. The maximum absolute atomic E-state index is 15.3. The first-order valence-electron chi connectivity index (χ1n) is 27.0. The van der Waals surface area contributed by atoms with Gasteiger partial charge in [-0.05, 0) is 98.2 Å². The van der Waals surface area contributed by atoms with Crippen molar-refractivity contribution in [2.24, 2.45) is 0 Å². The van der Waals surface area contributed by atoms with E-state index in [1.165, 1.54) is 72.8 Å². The van der Waals surface area contributed by atoms with Gasteiger partial charge in [0.25, 0.3) is 11.8 Å². The van der Waals surface area contributed by atoms with Gasteiger partial charge in [0.15, 0.2) is 12.6 Å². The molecule has 20 heteroatoms. The molecule has 78 heavy (non-hydrogen) atoms. The Balaban J connectivity index is 1.05. The number of esters is 2. The zero-order valence-corrected chi connectivity index (χ0v) is 43.9. The summed E-state index contributed by atoms with van der Waals surface area (Å²) >= 11 is 0. The highest BCUT2D eigenvalue weighted by Crippen LogP contribution is 2.32. The fraction of sp³-hybridized carbons (Fsp3) is 0.517. The van der Waals surface area contributed by atoms with Crippen LogP contribution in [-0.2, 0) is 60.7 Å². The molecular formula is C58H70F4N4O12. The van der Waals surface area contributed by atoms with Crippen LogP contribution in [0.4, 0.5) is 17.6 Å². The second-order valence-corrected chi connectivity index (χ2v) is 19.7. The van der Waals surface area contributed by atoms with Gasteiger partial charge in [0, 0.05) is 88.4 Å². The van der Waals surface area contributed by atoms with Crippen LogP contribution in [0.3, 0.4) is 0 Å². The lowest BCUT2D eigenvalue weighted by atomic mass is 9.99. The molecule has 4 aromatic rings. The number of hydrogen-bond donors (Lipinski definition) is 0. The van der Waals surface area contributed by atoms with Crippen molar-refractivity contribution in [2.45, 2.75) is 101 Å². The first-order chi connectivity index (χ1) is 38.0. The Bertz CT molecular complexity index is 2310. The van der Waals surface area contributed by atoms with E-state index in [-0.39, 0.29) is 73.6 Å². The lowest BCUT2D eigenvalue weighted by molar-refractivity contribution is -0.183. The van der Waals surface area contributed by atoms with Gasteiger partial charge >= 0.3 is 11.9 Å². The lowest BCUT2D eigenvalue weighted by Crippen LogP contribution is -2.50. The SMILES string of the molecule is O=C(OC(C(=O)N(Cc1ccc(F)cc1)C1CCN(CCC2OCCCO2)CC1)c1ccc(OCCF)cc1)C(=O)OC(C(=O)N(Cc1ccc(F)cc1)C1CCN(CCC2OCCCO2)CC1)c1ccc(OCCF)cc1. The number of carbonyl (C=O) groups is 4. The van der Waals surface area contributed by atoms with Crippen LogP contribution in [0.25, 0.3) is 0 Å². The Morgan fingerprint density at radius 1 is 0.513 bits per heavy atom. The van der Waals surface area contributed by atoms with Crippen LogP contribution in [0.15, 0.2) is 97.1 Å². The highest BCUT2D eigenvalue weighted by atomic mass is 19.1. The van der Waals surface area contributed by atoms with Crippen molar-refractivity contribution in [3.05, 3.63) is 131 Å². The number of alkyl halides is 2. The van der Waals surface area contributed by atoms with E-state index in [9.17, 15) is 27.2 Å². The standard InChI is InChI=1S/C58H70F4N4O12/c59-25-37-71-49-15-7-43(8-16-49)53(55(67)65(39-41-3-11-45(61)12-4-41)47-19-27-63(28-20-47)31-23-51-73-33-1-34-74-51)77-57(69)58(70)78-54(44-9-17-50(18-10-44)72-38-26-60)56(68)66(40-42-5-13-46(62)14-6-42)48-21-29-64(30-22-48)32-24-52-75-35-2-36-76-52/h3-18,47-48,51-54H,1-2,19-40H2. The summed E-state index contributed by atoms with van der Waals surface area (Å²) in [6.07, 6.45) is 1.05. The largest absolute Gasteiger partial charge is 0.491 e. The number of hydrogen-bond acceptors (Lipinski definition) is 14. The second kappa shape index (κ2) is 29.7. The van der Waals surface area contributed by atoms with E-state index in [1.807, 2.05) is 0 Å². The Hall–Kier alpha value is -6.16. The van der Waals surface area contributed by atoms with Crippen LogP contribution in [0, 0.1) is 11.6 Å². The summed E-state index contributed by atoms with van der Waals surface area (Å²) in [5.74, 6) is -4.93. The third kappa shape index (κ3) is 16.9. The van der Waals surface area contributed by atoms with Crippen molar-refractivity contribution in [3.8, 4) is 11.5 Å². The molecule has 4 saturated heterocycles. The normalized spacial score (nSPS) is 18.2. The Morgan fingerprint density at radius 3 is 1.19 bits per heavy atom. The van der Waals surface area contributed by atoms with Crippen molar-refractivity contribution >= 4 is 23.8 Å². The summed E-state index contributed by atoms with van der Waals surface area (Å²) in [4.78, 5) is 67.0. The zero-order chi connectivity index (χ0) is 54.6. The molecule has 0 N–H and O–H groups in total. The van der Waals surface area contributed by atoms with Crippen LogP contribution < -0.4 is 9.47 Å². The third-order valence-electron chi connectivity index (χ3n) is 14.4. The van der Waals surface area contributed by atoms with Crippen molar-refractivity contribution < 1.29 is 74.6 Å². The predicted octanol–water partition coefficient (Wildman–Crippen LogP) is 7.82. The van der Waals surface area contributed by atoms with Gasteiger partial charge < -0.3 is 57.5 Å². The molecule has 4 aliphatic rings. The summed E-state index contributed by atoms with van der Waals surface area (Å²) < 4.78 is 100. The molecule has 0 aliphatic carbocycles. The number of carbonyl (C=O) groups excluding carboxylic acids is 4. The number of halogens is 4. The van der Waals surface area contributed by atoms with Gasteiger partial charge in [-0.15, -0.1) is 0 Å². The number of nitrogens with zero attached hydrogens (tertiary/aromatic N) is 4. The summed E-state index contributed by atoms with van der Waals surface area (Å²) in [6.45, 7) is 4.47. The molecule has 2 amide bonds. The van der Waals surface area contributed by atoms with Gasteiger partial charge in [-0.25, -0.2) is 27.2 Å². The van der Waals surface area contributed by atoms with E-state index in [0.29, 0.717) is 115 Å². The molecule has 0 bridgehead atoms. The molecule has 0 spiro atoms. The molecule has 2 atom stereocenters. The van der Waals surface area contributed by atoms with Crippen LogP contribution in [0.2, 0.25) is 0 Å². The van der Waals surface area contributed by atoms with Gasteiger partial charge in [0.05, 0.1) is 26.4 Å². The number of piperidine rings is 2. The van der Waals surface area contributed by atoms with Crippen molar-refractivity contribution in [1.82, 2.24) is 19.6 Å². The van der Waals surface area contributed by atoms with Gasteiger partial charge in [-0.3, -0.25) is 9.59 Å². The van der Waals surface area contributed by atoms with Gasteiger partial charge in [0.2, 0.25) is 12.2 Å². The van der Waals surface area contributed by atoms with E-state index in [4.69, 9.17) is 37.9 Å². The lowest BCUT2D eigenvalue weighted by Gasteiger charge is -2.40. The summed E-state index contributed by atoms with van der Waals surface area (Å²) in [7, 11) is 0. The molecule has 16 nitrogen and oxygen atoms in total. The van der Waals surface area contributed by atoms with E-state index in [1.54, 1.807) is 34.1 Å². The minimum absolute atomic E-state index is 0.00247. The van der Waals surface area contributed by atoms with E-state index >= 15 is 9.59 Å². The van der Waals surface area contributed by atoms with Gasteiger partial charge in [0.1, 0.15) is 49.7 Å². The average molecular weight is 1090 g/mol. The van der Waals surface area contributed by atoms with E-state index < -0.39 is 60.9 Å². The van der Waals surface area contributed by atoms with Gasteiger partial charge in [-0.1, -0.05) is 48.5 Å². The van der Waals surface area contributed by atoms with E-state index in [2.05, 4.69) is 9.80 Å². The van der Waals surface area contributed by atoms with Gasteiger partial charge in [-0.2, -0.15) is 0 Å². The topological polar surface area (TPSA) is 155 Å². The van der Waals surface area contributed by atoms with Crippen molar-refractivity contribution in [2.75, 3.05) is 92.3 Å². The molecule has 0 saturated carbocycles. The average Bonchev–Trinajstić information content (AvgIpc) is 3.50. The maximum atomic E-state index is 15.3. The monoisotopic (exact) mass is 1090 g/mol. The molecular weight excluding hydrogens is 1020 g/mol. The maximum Gasteiger partial charge on any atom is 0.418 e. The number of amides is 2. The smallest absolute Gasteiger partial charge is 0.418 e. The minimum atomic E-state index is -1.75. The second-order valence-electron chi connectivity index (χ2n) is 19.7.